The van der Waals surface area contributed by atoms with E-state index < -0.39 is 0 Å². The molecule has 0 unspecified atom stereocenters. The molecule has 102 valence electrons. The lowest BCUT2D eigenvalue weighted by Crippen LogP contribution is -2.02. The van der Waals surface area contributed by atoms with Gasteiger partial charge in [-0.25, -0.2) is 4.98 Å². The summed E-state index contributed by atoms with van der Waals surface area (Å²) in [7, 11) is 0. The van der Waals surface area contributed by atoms with Gasteiger partial charge in [0.05, 0.1) is 11.0 Å². The second-order valence-corrected chi connectivity index (χ2v) is 5.34. The number of fused-ring (bicyclic) bond motifs is 1. The van der Waals surface area contributed by atoms with E-state index in [9.17, 15) is 0 Å². The predicted octanol–water partition coefficient (Wildman–Crippen LogP) is 2.14. The number of hydrogen-bond acceptors (Lipinski definition) is 3. The monoisotopic (exact) mass is 259 g/mol. The Morgan fingerprint density at radius 2 is 2.16 bits per heavy atom. The molecule has 1 aromatic carbocycles. The highest BCUT2D eigenvalue weighted by atomic mass is 16.2. The van der Waals surface area contributed by atoms with Crippen LogP contribution < -0.4 is 5.73 Å². The summed E-state index contributed by atoms with van der Waals surface area (Å²) in [5.41, 5.74) is 9.13. The minimum Gasteiger partial charge on any atom is -0.396 e. The molecule has 1 aliphatic rings. The molecule has 0 saturated heterocycles. The topological polar surface area (TPSA) is 64.1 Å². The summed E-state index contributed by atoms with van der Waals surface area (Å²) in [5.74, 6) is 1.17. The minimum atomic E-state index is 0.265. The average Bonchev–Trinajstić information content (AvgIpc) is 3.20. The van der Waals surface area contributed by atoms with Crippen LogP contribution in [0, 0.1) is 0 Å². The second kappa shape index (κ2) is 5.31. The Kier molecular flexibility index (Phi) is 3.53. The number of nitrogens with zero attached hydrogens (tertiary/aromatic N) is 2. The van der Waals surface area contributed by atoms with Gasteiger partial charge < -0.3 is 15.4 Å². The molecule has 0 atom stereocenters. The number of aromatic nitrogens is 2. The number of aryl methyl sites for hydroxylation is 1. The molecule has 0 bridgehead atoms. The summed E-state index contributed by atoms with van der Waals surface area (Å²) in [6, 6.07) is 6.99. The van der Waals surface area contributed by atoms with E-state index in [0.29, 0.717) is 12.6 Å². The maximum atomic E-state index is 8.90. The van der Waals surface area contributed by atoms with Crippen LogP contribution in [0.25, 0.3) is 11.0 Å². The molecule has 0 amide bonds. The fourth-order valence-electron chi connectivity index (χ4n) is 2.63. The van der Waals surface area contributed by atoms with Crippen molar-refractivity contribution in [3.05, 3.63) is 29.6 Å². The number of rotatable bonds is 6. The van der Waals surface area contributed by atoms with Gasteiger partial charge in [0.15, 0.2) is 0 Å². The lowest BCUT2D eigenvalue weighted by molar-refractivity contribution is 0.284. The Hall–Kier alpha value is -1.39. The smallest absolute Gasteiger partial charge is 0.110 e. The maximum Gasteiger partial charge on any atom is 0.110 e. The van der Waals surface area contributed by atoms with Crippen molar-refractivity contribution in [2.45, 2.75) is 44.7 Å². The van der Waals surface area contributed by atoms with E-state index in [1.807, 2.05) is 0 Å². The van der Waals surface area contributed by atoms with Crippen molar-refractivity contribution < 1.29 is 5.11 Å². The van der Waals surface area contributed by atoms with Crippen molar-refractivity contribution in [3.63, 3.8) is 0 Å². The molecule has 1 aromatic heterocycles. The highest BCUT2D eigenvalue weighted by molar-refractivity contribution is 5.77. The van der Waals surface area contributed by atoms with Crippen LogP contribution in [0.15, 0.2) is 18.2 Å². The Morgan fingerprint density at radius 3 is 2.84 bits per heavy atom. The van der Waals surface area contributed by atoms with E-state index in [0.717, 1.165) is 30.3 Å². The van der Waals surface area contributed by atoms with Crippen molar-refractivity contribution in [1.29, 1.82) is 0 Å². The standard InChI is InChI=1S/C15H21N3O/c16-10-11-4-7-14-13(9-11)17-15(3-1-2-8-19)18(14)12-5-6-12/h4,7,9,12,19H,1-3,5-6,8,10,16H2. The van der Waals surface area contributed by atoms with E-state index in [1.165, 1.54) is 24.2 Å². The number of aliphatic hydroxyl groups is 1. The fraction of sp³-hybridized carbons (Fsp3) is 0.533. The highest BCUT2D eigenvalue weighted by Crippen LogP contribution is 2.39. The molecule has 2 aromatic rings. The summed E-state index contributed by atoms with van der Waals surface area (Å²) < 4.78 is 2.40. The summed E-state index contributed by atoms with van der Waals surface area (Å²) in [6.45, 7) is 0.826. The first-order valence-electron chi connectivity index (χ1n) is 7.14. The van der Waals surface area contributed by atoms with Gasteiger partial charge in [0.1, 0.15) is 5.82 Å². The van der Waals surface area contributed by atoms with Crippen molar-refractivity contribution in [1.82, 2.24) is 9.55 Å². The van der Waals surface area contributed by atoms with E-state index >= 15 is 0 Å². The number of imidazole rings is 1. The van der Waals surface area contributed by atoms with Crippen LogP contribution >= 0.6 is 0 Å². The molecule has 4 nitrogen and oxygen atoms in total. The number of unbranched alkanes of at least 4 members (excludes halogenated alkanes) is 1. The Labute approximate surface area is 113 Å². The lowest BCUT2D eigenvalue weighted by Gasteiger charge is -2.07. The van der Waals surface area contributed by atoms with Crippen LogP contribution in [-0.4, -0.2) is 21.3 Å². The number of nitrogens with two attached hydrogens (primary N) is 1. The molecule has 3 N–H and O–H groups in total. The summed E-state index contributed by atoms with van der Waals surface area (Å²) in [6.07, 6.45) is 5.32. The third-order valence-electron chi connectivity index (χ3n) is 3.78. The number of aliphatic hydroxyl groups excluding tert-OH is 1. The van der Waals surface area contributed by atoms with Gasteiger partial charge in [-0.05, 0) is 43.4 Å². The van der Waals surface area contributed by atoms with Gasteiger partial charge >= 0.3 is 0 Å². The van der Waals surface area contributed by atoms with Crippen LogP contribution in [0.4, 0.5) is 0 Å². The molecule has 0 spiro atoms. The van der Waals surface area contributed by atoms with Gasteiger partial charge in [-0.3, -0.25) is 0 Å². The summed E-state index contributed by atoms with van der Waals surface area (Å²) in [4.78, 5) is 4.78. The van der Waals surface area contributed by atoms with Gasteiger partial charge in [0, 0.05) is 25.6 Å². The van der Waals surface area contributed by atoms with Crippen molar-refractivity contribution in [2.24, 2.45) is 5.73 Å². The molecular weight excluding hydrogens is 238 g/mol. The van der Waals surface area contributed by atoms with Crippen LogP contribution in [0.5, 0.6) is 0 Å². The second-order valence-electron chi connectivity index (χ2n) is 5.34. The first-order chi connectivity index (χ1) is 9.33. The molecule has 0 radical (unpaired) electrons. The van der Waals surface area contributed by atoms with Crippen LogP contribution in [0.1, 0.15) is 43.1 Å². The van der Waals surface area contributed by atoms with E-state index in [2.05, 4.69) is 22.8 Å². The van der Waals surface area contributed by atoms with Gasteiger partial charge in [-0.1, -0.05) is 6.07 Å². The molecular formula is C15H21N3O. The normalized spacial score (nSPS) is 15.3. The van der Waals surface area contributed by atoms with Gasteiger partial charge in [0.2, 0.25) is 0 Å². The Bertz CT molecular complexity index is 572. The maximum absolute atomic E-state index is 8.90. The fourth-order valence-corrected chi connectivity index (χ4v) is 2.63. The van der Waals surface area contributed by atoms with Crippen molar-refractivity contribution >= 4 is 11.0 Å². The van der Waals surface area contributed by atoms with Crippen molar-refractivity contribution in [2.75, 3.05) is 6.61 Å². The number of hydrogen-bond donors (Lipinski definition) is 2. The Morgan fingerprint density at radius 1 is 1.32 bits per heavy atom. The molecule has 1 heterocycles. The summed E-state index contributed by atoms with van der Waals surface area (Å²) >= 11 is 0. The molecule has 1 fully saturated rings. The predicted molar refractivity (Wildman–Crippen MR) is 75.9 cm³/mol. The zero-order valence-corrected chi connectivity index (χ0v) is 11.2. The zero-order chi connectivity index (χ0) is 13.2. The van der Waals surface area contributed by atoms with Gasteiger partial charge in [-0.2, -0.15) is 0 Å². The first-order valence-corrected chi connectivity index (χ1v) is 7.14. The molecule has 3 rings (SSSR count). The van der Waals surface area contributed by atoms with E-state index in [-0.39, 0.29) is 6.61 Å². The quantitative estimate of drug-likeness (QED) is 0.781. The van der Waals surface area contributed by atoms with Crippen LogP contribution in [0.2, 0.25) is 0 Å². The van der Waals surface area contributed by atoms with Crippen LogP contribution in [-0.2, 0) is 13.0 Å². The largest absolute Gasteiger partial charge is 0.396 e. The average molecular weight is 259 g/mol. The molecule has 0 aliphatic heterocycles. The van der Waals surface area contributed by atoms with E-state index in [4.69, 9.17) is 15.8 Å². The van der Waals surface area contributed by atoms with Gasteiger partial charge in [-0.15, -0.1) is 0 Å². The van der Waals surface area contributed by atoms with Crippen LogP contribution in [0.3, 0.4) is 0 Å². The molecule has 1 saturated carbocycles. The lowest BCUT2D eigenvalue weighted by atomic mass is 10.2. The first kappa shape index (κ1) is 12.6. The third kappa shape index (κ3) is 2.51. The molecule has 4 heteroatoms. The third-order valence-corrected chi connectivity index (χ3v) is 3.78. The molecule has 1 aliphatic carbocycles. The van der Waals surface area contributed by atoms with E-state index in [1.54, 1.807) is 0 Å². The minimum absolute atomic E-state index is 0.265. The van der Waals surface area contributed by atoms with Crippen molar-refractivity contribution in [3.8, 4) is 0 Å². The highest BCUT2D eigenvalue weighted by Gasteiger charge is 2.27. The molecule has 19 heavy (non-hydrogen) atoms. The number of benzene rings is 1. The Balaban J connectivity index is 1.97. The summed E-state index contributed by atoms with van der Waals surface area (Å²) in [5, 5.41) is 8.90. The van der Waals surface area contributed by atoms with Gasteiger partial charge in [0.25, 0.3) is 0 Å². The zero-order valence-electron chi connectivity index (χ0n) is 11.2. The SMILES string of the molecule is NCc1ccc2c(c1)nc(CCCCO)n2C1CC1.